The lowest BCUT2D eigenvalue weighted by Crippen LogP contribution is -2.40. The van der Waals surface area contributed by atoms with E-state index in [1.807, 2.05) is 13.8 Å². The van der Waals surface area contributed by atoms with E-state index in [9.17, 15) is 14.4 Å². The van der Waals surface area contributed by atoms with Gasteiger partial charge in [-0.1, -0.05) is 26.7 Å². The van der Waals surface area contributed by atoms with E-state index in [1.165, 1.54) is 0 Å². The lowest BCUT2D eigenvalue weighted by Gasteiger charge is -2.23. The Morgan fingerprint density at radius 2 is 1.48 bits per heavy atom. The molecular weight excluding hydrogens is 270 g/mol. The fourth-order valence-corrected chi connectivity index (χ4v) is 2.40. The van der Waals surface area contributed by atoms with Crippen LogP contribution in [0.4, 0.5) is 0 Å². The monoisotopic (exact) mass is 299 g/mol. The molecule has 0 rings (SSSR count). The molecule has 0 aliphatic carbocycles. The van der Waals surface area contributed by atoms with Crippen LogP contribution in [0.1, 0.15) is 46.5 Å². The third kappa shape index (κ3) is 9.18. The molecule has 0 aliphatic heterocycles. The molecule has 0 spiro atoms. The molecule has 2 amide bonds. The van der Waals surface area contributed by atoms with Crippen LogP contribution < -0.4 is 16.0 Å². The van der Waals surface area contributed by atoms with Gasteiger partial charge >= 0.3 is 0 Å². The molecule has 0 aliphatic rings. The molecule has 0 heterocycles. The van der Waals surface area contributed by atoms with Gasteiger partial charge < -0.3 is 20.7 Å². The van der Waals surface area contributed by atoms with Crippen molar-refractivity contribution in [2.24, 2.45) is 11.8 Å². The highest BCUT2D eigenvalue weighted by atomic mass is 16.2. The van der Waals surface area contributed by atoms with E-state index in [2.05, 4.69) is 16.0 Å². The van der Waals surface area contributed by atoms with E-state index in [4.69, 9.17) is 0 Å². The zero-order chi connectivity index (χ0) is 16.3. The van der Waals surface area contributed by atoms with E-state index in [0.29, 0.717) is 19.5 Å². The quantitative estimate of drug-likeness (QED) is 0.493. The zero-order valence-corrected chi connectivity index (χ0v) is 13.6. The summed E-state index contributed by atoms with van der Waals surface area (Å²) in [6.45, 7) is 6.02. The van der Waals surface area contributed by atoms with Crippen molar-refractivity contribution in [3.8, 4) is 0 Å². The van der Waals surface area contributed by atoms with E-state index in [-0.39, 0.29) is 36.0 Å². The van der Waals surface area contributed by atoms with Crippen molar-refractivity contribution >= 4 is 17.6 Å². The van der Waals surface area contributed by atoms with E-state index >= 15 is 0 Å². The number of ketones is 1. The number of Topliss-reactive ketones (excluding diaryl/α,β-unsaturated/α-hetero) is 1. The molecule has 0 aromatic heterocycles. The smallest absolute Gasteiger partial charge is 0.240 e. The summed E-state index contributed by atoms with van der Waals surface area (Å²) >= 11 is 0. The SMILES string of the molecule is CCC(CC(C)=O)C(CC)CC(=O)NCC(=O)NCNC. The van der Waals surface area contributed by atoms with Gasteiger partial charge in [-0.25, -0.2) is 0 Å². The number of hydrogen-bond donors (Lipinski definition) is 3. The second kappa shape index (κ2) is 11.3. The Labute approximate surface area is 127 Å². The summed E-state index contributed by atoms with van der Waals surface area (Å²) in [6.07, 6.45) is 2.62. The second-order valence-corrected chi connectivity index (χ2v) is 5.35. The maximum Gasteiger partial charge on any atom is 0.240 e. The lowest BCUT2D eigenvalue weighted by molar-refractivity contribution is -0.127. The molecule has 2 unspecified atom stereocenters. The number of hydrogen-bond acceptors (Lipinski definition) is 4. The van der Waals surface area contributed by atoms with Gasteiger partial charge in [0.1, 0.15) is 5.78 Å². The molecule has 6 heteroatoms. The maximum atomic E-state index is 11.9. The van der Waals surface area contributed by atoms with Crippen LogP contribution in [0.3, 0.4) is 0 Å². The Bertz CT molecular complexity index is 345. The van der Waals surface area contributed by atoms with Gasteiger partial charge in [0.05, 0.1) is 13.2 Å². The van der Waals surface area contributed by atoms with Gasteiger partial charge in [-0.15, -0.1) is 0 Å². The molecular formula is C15H29N3O3. The molecule has 0 fully saturated rings. The van der Waals surface area contributed by atoms with Gasteiger partial charge in [0.25, 0.3) is 0 Å². The predicted octanol–water partition coefficient (Wildman–Crippen LogP) is 0.817. The molecule has 122 valence electrons. The van der Waals surface area contributed by atoms with E-state index in [0.717, 1.165) is 12.8 Å². The fraction of sp³-hybridized carbons (Fsp3) is 0.800. The zero-order valence-electron chi connectivity index (χ0n) is 13.6. The van der Waals surface area contributed by atoms with Crippen molar-refractivity contribution in [1.29, 1.82) is 0 Å². The molecule has 6 nitrogen and oxygen atoms in total. The normalized spacial score (nSPS) is 13.3. The van der Waals surface area contributed by atoms with Gasteiger partial charge in [-0.05, 0) is 25.8 Å². The first-order chi connectivity index (χ1) is 9.94. The molecule has 0 saturated carbocycles. The highest BCUT2D eigenvalue weighted by Gasteiger charge is 2.22. The minimum atomic E-state index is -0.221. The Hall–Kier alpha value is -1.43. The molecule has 0 saturated heterocycles. The first kappa shape index (κ1) is 19.6. The summed E-state index contributed by atoms with van der Waals surface area (Å²) in [5.41, 5.74) is 0. The Kier molecular flexibility index (Phi) is 10.5. The standard InChI is InChI=1S/C15H29N3O3/c1-5-12(7-11(3)19)13(6-2)8-14(20)17-9-15(21)18-10-16-4/h12-13,16H,5-10H2,1-4H3,(H,17,20)(H,18,21). The minimum absolute atomic E-state index is 0.0134. The van der Waals surface area contributed by atoms with Crippen LogP contribution in [0, 0.1) is 11.8 Å². The second-order valence-electron chi connectivity index (χ2n) is 5.35. The highest BCUT2D eigenvalue weighted by Crippen LogP contribution is 2.26. The van der Waals surface area contributed by atoms with Gasteiger partial charge in [-0.3, -0.25) is 9.59 Å². The summed E-state index contributed by atoms with van der Waals surface area (Å²) < 4.78 is 0. The van der Waals surface area contributed by atoms with Gasteiger partial charge in [0.15, 0.2) is 0 Å². The van der Waals surface area contributed by atoms with Crippen LogP contribution in [0.25, 0.3) is 0 Å². The van der Waals surface area contributed by atoms with Crippen molar-refractivity contribution in [3.63, 3.8) is 0 Å². The van der Waals surface area contributed by atoms with Crippen LogP contribution in [-0.2, 0) is 14.4 Å². The number of rotatable bonds is 11. The van der Waals surface area contributed by atoms with Gasteiger partial charge in [0, 0.05) is 12.8 Å². The number of amides is 2. The summed E-state index contributed by atoms with van der Waals surface area (Å²) in [6, 6.07) is 0. The Morgan fingerprint density at radius 1 is 0.905 bits per heavy atom. The summed E-state index contributed by atoms with van der Waals surface area (Å²) in [7, 11) is 1.73. The van der Waals surface area contributed by atoms with Gasteiger partial charge in [-0.2, -0.15) is 0 Å². The number of carbonyl (C=O) groups is 3. The lowest BCUT2D eigenvalue weighted by atomic mass is 9.82. The number of carbonyl (C=O) groups excluding carboxylic acids is 3. The average Bonchev–Trinajstić information content (AvgIpc) is 2.45. The van der Waals surface area contributed by atoms with Crippen LogP contribution >= 0.6 is 0 Å². The molecule has 3 N–H and O–H groups in total. The first-order valence-corrected chi connectivity index (χ1v) is 7.61. The first-order valence-electron chi connectivity index (χ1n) is 7.61. The van der Waals surface area contributed by atoms with Gasteiger partial charge in [0.2, 0.25) is 11.8 Å². The molecule has 2 atom stereocenters. The van der Waals surface area contributed by atoms with Crippen molar-refractivity contribution in [2.75, 3.05) is 20.3 Å². The topological polar surface area (TPSA) is 87.3 Å². The van der Waals surface area contributed by atoms with E-state index in [1.54, 1.807) is 14.0 Å². The highest BCUT2D eigenvalue weighted by molar-refractivity contribution is 5.84. The molecule has 0 aromatic rings. The number of nitrogens with one attached hydrogen (secondary N) is 3. The van der Waals surface area contributed by atoms with Crippen molar-refractivity contribution in [1.82, 2.24) is 16.0 Å². The van der Waals surface area contributed by atoms with Crippen LogP contribution in [0.2, 0.25) is 0 Å². The largest absolute Gasteiger partial charge is 0.347 e. The molecule has 21 heavy (non-hydrogen) atoms. The Balaban J connectivity index is 4.24. The third-order valence-corrected chi connectivity index (χ3v) is 3.62. The third-order valence-electron chi connectivity index (χ3n) is 3.62. The van der Waals surface area contributed by atoms with Crippen LogP contribution in [0.15, 0.2) is 0 Å². The summed E-state index contributed by atoms with van der Waals surface area (Å²) in [4.78, 5) is 34.6. The van der Waals surface area contributed by atoms with E-state index < -0.39 is 0 Å². The average molecular weight is 299 g/mol. The maximum absolute atomic E-state index is 11.9. The molecule has 0 bridgehead atoms. The molecule has 0 radical (unpaired) electrons. The van der Waals surface area contributed by atoms with Crippen LogP contribution in [0.5, 0.6) is 0 Å². The summed E-state index contributed by atoms with van der Waals surface area (Å²) in [5, 5.41) is 8.02. The molecule has 0 aromatic carbocycles. The van der Waals surface area contributed by atoms with Crippen molar-refractivity contribution in [3.05, 3.63) is 0 Å². The minimum Gasteiger partial charge on any atom is -0.347 e. The van der Waals surface area contributed by atoms with Crippen LogP contribution in [-0.4, -0.2) is 37.9 Å². The van der Waals surface area contributed by atoms with Crippen molar-refractivity contribution < 1.29 is 14.4 Å². The Morgan fingerprint density at radius 3 is 1.95 bits per heavy atom. The van der Waals surface area contributed by atoms with Crippen molar-refractivity contribution in [2.45, 2.75) is 46.5 Å². The predicted molar refractivity (Wildman–Crippen MR) is 82.6 cm³/mol. The summed E-state index contributed by atoms with van der Waals surface area (Å²) in [5.74, 6) is 0.216. The fourth-order valence-electron chi connectivity index (χ4n) is 2.40.